The molecule has 2 aromatic heterocycles. The van der Waals surface area contributed by atoms with Crippen LogP contribution in [0.4, 0.5) is 17.1 Å². The van der Waals surface area contributed by atoms with Crippen LogP contribution in [-0.2, 0) is 4.79 Å². The zero-order chi connectivity index (χ0) is 30.2. The van der Waals surface area contributed by atoms with E-state index >= 15 is 0 Å². The summed E-state index contributed by atoms with van der Waals surface area (Å²) >= 11 is 7.86. The van der Waals surface area contributed by atoms with Gasteiger partial charge in [0, 0.05) is 32.3 Å². The standard InChI is InChI=1S/C32H28ClN7O2S/c1-17-18(2)43-32-28(17)29(20-8-12-22(33)13-9-20)36-26(30-39-38-19(3)40(30)32)16-27(41)35-23-14-10-21(11-15-23)31(42)37-25-7-5-4-6-24(25)34/h4-15,26H,16,34H2,1-3H3,(H,35,41)(H,37,42). The van der Waals surface area contributed by atoms with Crippen molar-refractivity contribution < 1.29 is 9.59 Å². The number of nitrogens with zero attached hydrogens (tertiary/aromatic N) is 4. The normalized spacial score (nSPS) is 13.9. The molecule has 2 amide bonds. The average Bonchev–Trinajstić information content (AvgIpc) is 3.47. The summed E-state index contributed by atoms with van der Waals surface area (Å²) in [5, 5.41) is 16.2. The molecule has 6 rings (SSSR count). The second-order valence-corrected chi connectivity index (χ2v) is 11.9. The number of nitrogens with two attached hydrogens (primary N) is 1. The number of amides is 2. The van der Waals surface area contributed by atoms with Gasteiger partial charge in [-0.25, -0.2) is 0 Å². The number of para-hydroxylation sites is 2. The van der Waals surface area contributed by atoms with Crippen LogP contribution in [0.2, 0.25) is 5.02 Å². The number of aliphatic imine (C=N–C) groups is 1. The van der Waals surface area contributed by atoms with Crippen molar-refractivity contribution in [3.63, 3.8) is 0 Å². The smallest absolute Gasteiger partial charge is 0.255 e. The molecular formula is C32H28ClN7O2S. The maximum atomic E-state index is 13.4. The highest BCUT2D eigenvalue weighted by molar-refractivity contribution is 7.15. The molecule has 1 aliphatic heterocycles. The second-order valence-electron chi connectivity index (χ2n) is 10.3. The van der Waals surface area contributed by atoms with Gasteiger partial charge in [-0.2, -0.15) is 0 Å². The molecule has 5 aromatic rings. The molecule has 1 aliphatic rings. The van der Waals surface area contributed by atoms with E-state index < -0.39 is 6.04 Å². The van der Waals surface area contributed by atoms with E-state index in [-0.39, 0.29) is 18.2 Å². The van der Waals surface area contributed by atoms with Gasteiger partial charge < -0.3 is 16.4 Å². The molecule has 0 fully saturated rings. The lowest BCUT2D eigenvalue weighted by molar-refractivity contribution is -0.116. The minimum atomic E-state index is -0.590. The van der Waals surface area contributed by atoms with E-state index in [1.54, 1.807) is 59.9 Å². The third kappa shape index (κ3) is 5.54. The van der Waals surface area contributed by atoms with Gasteiger partial charge in [-0.3, -0.25) is 19.1 Å². The summed E-state index contributed by atoms with van der Waals surface area (Å²) in [7, 11) is 0. The molecule has 0 saturated heterocycles. The highest BCUT2D eigenvalue weighted by Crippen LogP contribution is 2.39. The van der Waals surface area contributed by atoms with Crippen LogP contribution in [0.25, 0.3) is 5.00 Å². The first-order valence-electron chi connectivity index (χ1n) is 13.6. The Labute approximate surface area is 257 Å². The van der Waals surface area contributed by atoms with Gasteiger partial charge in [0.25, 0.3) is 5.91 Å². The van der Waals surface area contributed by atoms with Crippen LogP contribution in [0.5, 0.6) is 0 Å². The average molecular weight is 610 g/mol. The molecule has 3 aromatic carbocycles. The summed E-state index contributed by atoms with van der Waals surface area (Å²) in [5.41, 5.74) is 11.8. The first-order valence-corrected chi connectivity index (χ1v) is 14.8. The lowest BCUT2D eigenvalue weighted by atomic mass is 9.99. The number of halogens is 1. The van der Waals surface area contributed by atoms with Crippen LogP contribution in [-0.4, -0.2) is 32.3 Å². The molecule has 11 heteroatoms. The number of anilines is 3. The topological polar surface area (TPSA) is 127 Å². The van der Waals surface area contributed by atoms with Crippen molar-refractivity contribution in [1.29, 1.82) is 0 Å². The molecule has 0 radical (unpaired) electrons. The van der Waals surface area contributed by atoms with Crippen molar-refractivity contribution in [2.75, 3.05) is 16.4 Å². The van der Waals surface area contributed by atoms with E-state index in [1.165, 1.54) is 4.88 Å². The van der Waals surface area contributed by atoms with Crippen molar-refractivity contribution in [3.05, 3.63) is 117 Å². The Morgan fingerprint density at radius 1 is 0.953 bits per heavy atom. The third-order valence-corrected chi connectivity index (χ3v) is 8.82. The monoisotopic (exact) mass is 609 g/mol. The third-order valence-electron chi connectivity index (χ3n) is 7.38. The van der Waals surface area contributed by atoms with Crippen LogP contribution < -0.4 is 16.4 Å². The highest BCUT2D eigenvalue weighted by Gasteiger charge is 2.32. The molecule has 43 heavy (non-hydrogen) atoms. The number of hydrogen-bond donors (Lipinski definition) is 3. The lowest BCUT2D eigenvalue weighted by Crippen LogP contribution is -2.17. The fourth-order valence-electron chi connectivity index (χ4n) is 5.03. The Bertz CT molecular complexity index is 1890. The number of aromatic nitrogens is 3. The maximum absolute atomic E-state index is 13.4. The van der Waals surface area contributed by atoms with Crippen molar-refractivity contribution in [2.24, 2.45) is 4.99 Å². The molecule has 0 aliphatic carbocycles. The number of nitrogen functional groups attached to an aromatic ring is 1. The highest BCUT2D eigenvalue weighted by atomic mass is 35.5. The van der Waals surface area contributed by atoms with Crippen LogP contribution in [0.1, 0.15) is 56.0 Å². The minimum absolute atomic E-state index is 0.0394. The Balaban J connectivity index is 1.27. The number of thiophene rings is 1. The van der Waals surface area contributed by atoms with Crippen LogP contribution in [0, 0.1) is 20.8 Å². The minimum Gasteiger partial charge on any atom is -0.397 e. The number of carbonyl (C=O) groups is 2. The summed E-state index contributed by atoms with van der Waals surface area (Å²) in [4.78, 5) is 32.4. The van der Waals surface area contributed by atoms with Gasteiger partial charge in [0.2, 0.25) is 5.91 Å². The second kappa shape index (κ2) is 11.5. The lowest BCUT2D eigenvalue weighted by Gasteiger charge is -2.13. The van der Waals surface area contributed by atoms with Crippen molar-refractivity contribution in [3.8, 4) is 5.00 Å². The number of rotatable bonds is 6. The first kappa shape index (κ1) is 28.3. The molecule has 0 bridgehead atoms. The fraction of sp³-hybridized carbons (Fsp3) is 0.156. The predicted molar refractivity (Wildman–Crippen MR) is 172 cm³/mol. The maximum Gasteiger partial charge on any atom is 0.255 e. The van der Waals surface area contributed by atoms with Gasteiger partial charge in [-0.05, 0) is 74.9 Å². The zero-order valence-corrected chi connectivity index (χ0v) is 25.3. The molecule has 216 valence electrons. The van der Waals surface area contributed by atoms with Gasteiger partial charge in [-0.1, -0.05) is 35.9 Å². The SMILES string of the molecule is Cc1sc2c(c1C)C(c1ccc(Cl)cc1)=NC(CC(=O)Nc1ccc(C(=O)Nc3ccccc3N)cc1)c1nnc(C)n1-2. The molecule has 4 N–H and O–H groups in total. The van der Waals surface area contributed by atoms with Crippen molar-refractivity contribution in [2.45, 2.75) is 33.2 Å². The molecule has 0 spiro atoms. The first-order chi connectivity index (χ1) is 20.7. The van der Waals surface area contributed by atoms with Gasteiger partial charge in [0.15, 0.2) is 5.82 Å². The number of carbonyl (C=O) groups excluding carboxylic acids is 2. The van der Waals surface area contributed by atoms with Gasteiger partial charge in [0.1, 0.15) is 16.9 Å². The summed E-state index contributed by atoms with van der Waals surface area (Å²) in [6.07, 6.45) is 0.0394. The van der Waals surface area contributed by atoms with Gasteiger partial charge >= 0.3 is 0 Å². The Kier molecular flexibility index (Phi) is 7.55. The Morgan fingerprint density at radius 2 is 1.67 bits per heavy atom. The molecule has 9 nitrogen and oxygen atoms in total. The van der Waals surface area contributed by atoms with E-state index in [4.69, 9.17) is 22.3 Å². The summed E-state index contributed by atoms with van der Waals surface area (Å²) in [6.45, 7) is 6.07. The molecule has 0 saturated carbocycles. The van der Waals surface area contributed by atoms with E-state index in [9.17, 15) is 9.59 Å². The van der Waals surface area contributed by atoms with Crippen molar-refractivity contribution >= 4 is 57.5 Å². The van der Waals surface area contributed by atoms with Crippen LogP contribution in [0.3, 0.4) is 0 Å². The van der Waals surface area contributed by atoms with E-state index in [0.717, 1.165) is 33.2 Å². The van der Waals surface area contributed by atoms with E-state index in [0.29, 0.717) is 33.5 Å². The predicted octanol–water partition coefficient (Wildman–Crippen LogP) is 6.66. The fourth-order valence-corrected chi connectivity index (χ4v) is 6.37. The van der Waals surface area contributed by atoms with Crippen LogP contribution >= 0.6 is 22.9 Å². The summed E-state index contributed by atoms with van der Waals surface area (Å²) in [5.74, 6) is 0.780. The Morgan fingerprint density at radius 3 is 2.40 bits per heavy atom. The summed E-state index contributed by atoms with van der Waals surface area (Å²) < 4.78 is 2.01. The van der Waals surface area contributed by atoms with Gasteiger partial charge in [-0.15, -0.1) is 21.5 Å². The molecular weight excluding hydrogens is 582 g/mol. The van der Waals surface area contributed by atoms with Crippen molar-refractivity contribution in [1.82, 2.24) is 14.8 Å². The molecule has 1 unspecified atom stereocenters. The Hall–Kier alpha value is -4.80. The quantitative estimate of drug-likeness (QED) is 0.185. The van der Waals surface area contributed by atoms with E-state index in [1.807, 2.05) is 35.8 Å². The summed E-state index contributed by atoms with van der Waals surface area (Å²) in [6, 6.07) is 20.7. The number of fused-ring (bicyclic) bond motifs is 3. The zero-order valence-electron chi connectivity index (χ0n) is 23.7. The number of aryl methyl sites for hydroxylation is 2. The molecule has 3 heterocycles. The van der Waals surface area contributed by atoms with Gasteiger partial charge in [0.05, 0.1) is 23.5 Å². The van der Waals surface area contributed by atoms with Crippen LogP contribution in [0.15, 0.2) is 77.8 Å². The molecule has 1 atom stereocenters. The van der Waals surface area contributed by atoms with E-state index in [2.05, 4.69) is 34.7 Å². The number of benzene rings is 3. The largest absolute Gasteiger partial charge is 0.397 e. The number of nitrogens with one attached hydrogen (secondary N) is 2. The number of hydrogen-bond acceptors (Lipinski definition) is 7.